The first-order chi connectivity index (χ1) is 9.78. The Kier molecular flexibility index (Phi) is 8.94. The third-order valence-electron chi connectivity index (χ3n) is 2.69. The lowest BCUT2D eigenvalue weighted by atomic mass is 10.2. The SMILES string of the molecule is CCNC(=NCc1ccc(Br)cc1)NCc1cccs1.I. The Morgan fingerprint density at radius 2 is 1.95 bits per heavy atom. The molecule has 0 aliphatic carbocycles. The Balaban J connectivity index is 0.00000220. The quantitative estimate of drug-likeness (QED) is 0.379. The van der Waals surface area contributed by atoms with Crippen LogP contribution in [0.1, 0.15) is 17.4 Å². The number of rotatable bonds is 5. The Bertz CT molecular complexity index is 541. The van der Waals surface area contributed by atoms with E-state index in [4.69, 9.17) is 0 Å². The molecule has 0 fully saturated rings. The Labute approximate surface area is 155 Å². The maximum atomic E-state index is 4.60. The van der Waals surface area contributed by atoms with Crippen molar-refractivity contribution in [2.75, 3.05) is 6.54 Å². The lowest BCUT2D eigenvalue weighted by Crippen LogP contribution is -2.36. The predicted molar refractivity (Wildman–Crippen MR) is 106 cm³/mol. The molecule has 0 aliphatic heterocycles. The smallest absolute Gasteiger partial charge is 0.191 e. The van der Waals surface area contributed by atoms with Gasteiger partial charge in [0.25, 0.3) is 0 Å². The van der Waals surface area contributed by atoms with E-state index < -0.39 is 0 Å². The monoisotopic (exact) mass is 479 g/mol. The van der Waals surface area contributed by atoms with Gasteiger partial charge in [0.05, 0.1) is 13.1 Å². The van der Waals surface area contributed by atoms with E-state index in [2.05, 4.69) is 68.1 Å². The highest BCUT2D eigenvalue weighted by Gasteiger charge is 1.99. The van der Waals surface area contributed by atoms with Crippen molar-refractivity contribution in [2.24, 2.45) is 4.99 Å². The zero-order valence-corrected chi connectivity index (χ0v) is 16.5. The average Bonchev–Trinajstić information content (AvgIpc) is 2.97. The van der Waals surface area contributed by atoms with Crippen molar-refractivity contribution in [3.8, 4) is 0 Å². The molecule has 2 rings (SSSR count). The fourth-order valence-corrected chi connectivity index (χ4v) is 2.59. The van der Waals surface area contributed by atoms with E-state index >= 15 is 0 Å². The lowest BCUT2D eigenvalue weighted by molar-refractivity contribution is 0.823. The van der Waals surface area contributed by atoms with Crippen LogP contribution < -0.4 is 10.6 Å². The van der Waals surface area contributed by atoms with E-state index in [1.165, 1.54) is 10.4 Å². The highest BCUT2D eigenvalue weighted by Crippen LogP contribution is 2.11. The Morgan fingerprint density at radius 3 is 2.57 bits per heavy atom. The van der Waals surface area contributed by atoms with Gasteiger partial charge in [0, 0.05) is 15.9 Å². The lowest BCUT2D eigenvalue weighted by Gasteiger charge is -2.10. The third-order valence-corrected chi connectivity index (χ3v) is 4.09. The molecule has 6 heteroatoms. The molecule has 0 radical (unpaired) electrons. The molecule has 0 spiro atoms. The second-order valence-corrected chi connectivity index (χ2v) is 6.20. The van der Waals surface area contributed by atoms with Crippen molar-refractivity contribution >= 4 is 57.2 Å². The van der Waals surface area contributed by atoms with Gasteiger partial charge >= 0.3 is 0 Å². The van der Waals surface area contributed by atoms with Gasteiger partial charge in [-0.3, -0.25) is 0 Å². The first-order valence-electron chi connectivity index (χ1n) is 6.57. The van der Waals surface area contributed by atoms with Crippen LogP contribution in [0.3, 0.4) is 0 Å². The molecule has 0 saturated carbocycles. The third kappa shape index (κ3) is 6.80. The van der Waals surface area contributed by atoms with Crippen molar-refractivity contribution in [3.63, 3.8) is 0 Å². The van der Waals surface area contributed by atoms with E-state index in [1.54, 1.807) is 11.3 Å². The molecule has 1 aromatic carbocycles. The number of hydrogen-bond donors (Lipinski definition) is 2. The van der Waals surface area contributed by atoms with Crippen LogP contribution in [-0.4, -0.2) is 12.5 Å². The van der Waals surface area contributed by atoms with Crippen molar-refractivity contribution in [2.45, 2.75) is 20.0 Å². The van der Waals surface area contributed by atoms with E-state index in [9.17, 15) is 0 Å². The van der Waals surface area contributed by atoms with Gasteiger partial charge in [-0.1, -0.05) is 34.1 Å². The molecule has 1 heterocycles. The van der Waals surface area contributed by atoms with E-state index in [1.807, 2.05) is 12.1 Å². The number of benzene rings is 1. The topological polar surface area (TPSA) is 36.4 Å². The van der Waals surface area contributed by atoms with Crippen molar-refractivity contribution in [1.82, 2.24) is 10.6 Å². The van der Waals surface area contributed by atoms with Gasteiger partial charge in [-0.2, -0.15) is 0 Å². The van der Waals surface area contributed by atoms with Crippen molar-refractivity contribution in [1.29, 1.82) is 0 Å². The number of nitrogens with zero attached hydrogens (tertiary/aromatic N) is 1. The van der Waals surface area contributed by atoms with E-state index in [-0.39, 0.29) is 24.0 Å². The minimum absolute atomic E-state index is 0. The van der Waals surface area contributed by atoms with Gasteiger partial charge in [0.2, 0.25) is 0 Å². The van der Waals surface area contributed by atoms with Crippen molar-refractivity contribution < 1.29 is 0 Å². The molecule has 0 atom stereocenters. The average molecular weight is 480 g/mol. The summed E-state index contributed by atoms with van der Waals surface area (Å²) in [4.78, 5) is 5.90. The first kappa shape index (κ1) is 18.4. The molecule has 3 nitrogen and oxygen atoms in total. The molecule has 0 amide bonds. The summed E-state index contributed by atoms with van der Waals surface area (Å²) < 4.78 is 1.09. The van der Waals surface area contributed by atoms with E-state index in [0.29, 0.717) is 6.54 Å². The molecule has 0 saturated heterocycles. The fourth-order valence-electron chi connectivity index (χ4n) is 1.69. The Morgan fingerprint density at radius 1 is 1.19 bits per heavy atom. The second kappa shape index (κ2) is 10.2. The summed E-state index contributed by atoms with van der Waals surface area (Å²) >= 11 is 5.19. The number of thiophene rings is 1. The molecule has 21 heavy (non-hydrogen) atoms. The van der Waals surface area contributed by atoms with Crippen LogP contribution >= 0.6 is 51.2 Å². The minimum Gasteiger partial charge on any atom is -0.357 e. The van der Waals surface area contributed by atoms with Gasteiger partial charge in [0.15, 0.2) is 5.96 Å². The predicted octanol–water partition coefficient (Wildman–Crippen LogP) is 4.38. The van der Waals surface area contributed by atoms with Crippen LogP contribution in [0.2, 0.25) is 0 Å². The highest BCUT2D eigenvalue weighted by atomic mass is 127. The summed E-state index contributed by atoms with van der Waals surface area (Å²) in [6.07, 6.45) is 0. The van der Waals surface area contributed by atoms with Gasteiger partial charge in [-0.15, -0.1) is 35.3 Å². The van der Waals surface area contributed by atoms with Gasteiger partial charge < -0.3 is 10.6 Å². The fraction of sp³-hybridized carbons (Fsp3) is 0.267. The summed E-state index contributed by atoms with van der Waals surface area (Å²) in [6.45, 7) is 4.41. The Hall–Kier alpha value is -0.600. The molecule has 1 aromatic heterocycles. The molecule has 0 aliphatic rings. The standard InChI is InChI=1S/C15H18BrN3S.HI/c1-2-17-15(19-11-14-4-3-9-20-14)18-10-12-5-7-13(16)8-6-12;/h3-9H,2,10-11H2,1H3,(H2,17,18,19);1H. The van der Waals surface area contributed by atoms with Crippen LogP contribution in [0, 0.1) is 0 Å². The highest BCUT2D eigenvalue weighted by molar-refractivity contribution is 14.0. The van der Waals surface area contributed by atoms with Crippen LogP contribution in [0.5, 0.6) is 0 Å². The van der Waals surface area contributed by atoms with Crippen LogP contribution in [0.25, 0.3) is 0 Å². The molecule has 0 unspecified atom stereocenters. The van der Waals surface area contributed by atoms with Crippen LogP contribution in [0.15, 0.2) is 51.2 Å². The summed E-state index contributed by atoms with van der Waals surface area (Å²) in [5.41, 5.74) is 1.20. The van der Waals surface area contributed by atoms with Gasteiger partial charge in [-0.05, 0) is 36.1 Å². The number of nitrogens with one attached hydrogen (secondary N) is 2. The molecule has 2 N–H and O–H groups in total. The zero-order valence-electron chi connectivity index (χ0n) is 11.8. The molecule has 0 bridgehead atoms. The maximum absolute atomic E-state index is 4.60. The van der Waals surface area contributed by atoms with Crippen molar-refractivity contribution in [3.05, 3.63) is 56.7 Å². The normalized spacial score (nSPS) is 10.9. The molecular formula is C15H19BrIN3S. The number of halogens is 2. The summed E-state index contributed by atoms with van der Waals surface area (Å²) in [7, 11) is 0. The van der Waals surface area contributed by atoms with E-state index in [0.717, 1.165) is 23.5 Å². The maximum Gasteiger partial charge on any atom is 0.191 e. The number of guanidine groups is 1. The largest absolute Gasteiger partial charge is 0.357 e. The first-order valence-corrected chi connectivity index (χ1v) is 8.24. The molecule has 114 valence electrons. The zero-order chi connectivity index (χ0) is 14.2. The molecule has 2 aromatic rings. The summed E-state index contributed by atoms with van der Waals surface area (Å²) in [6, 6.07) is 12.4. The van der Waals surface area contributed by atoms with Crippen LogP contribution in [0.4, 0.5) is 0 Å². The number of hydrogen-bond acceptors (Lipinski definition) is 2. The molecular weight excluding hydrogens is 461 g/mol. The minimum atomic E-state index is 0. The van der Waals surface area contributed by atoms with Crippen LogP contribution in [-0.2, 0) is 13.1 Å². The van der Waals surface area contributed by atoms with Gasteiger partial charge in [0.1, 0.15) is 0 Å². The number of aliphatic imine (C=N–C) groups is 1. The summed E-state index contributed by atoms with van der Waals surface area (Å²) in [5.74, 6) is 0.851. The second-order valence-electron chi connectivity index (χ2n) is 4.25. The summed E-state index contributed by atoms with van der Waals surface area (Å²) in [5, 5.41) is 8.69. The van der Waals surface area contributed by atoms with Gasteiger partial charge in [-0.25, -0.2) is 4.99 Å².